The van der Waals surface area contributed by atoms with Crippen LogP contribution in [-0.2, 0) is 6.42 Å². The van der Waals surface area contributed by atoms with Crippen molar-refractivity contribution in [2.75, 3.05) is 13.7 Å². The van der Waals surface area contributed by atoms with E-state index in [0.717, 1.165) is 21.9 Å². The number of carbonyl (C=O) groups is 1. The van der Waals surface area contributed by atoms with Crippen LogP contribution < -0.4 is 15.6 Å². The van der Waals surface area contributed by atoms with Crippen molar-refractivity contribution in [1.82, 2.24) is 20.3 Å². The number of nitrogens with zero attached hydrogens (tertiary/aromatic N) is 2. The van der Waals surface area contributed by atoms with Gasteiger partial charge in [-0.1, -0.05) is 30.3 Å². The maximum Gasteiger partial charge on any atom is 0.251 e. The molecule has 7 nitrogen and oxygen atoms in total. The molecule has 0 aliphatic rings. The summed E-state index contributed by atoms with van der Waals surface area (Å²) < 4.78 is 5.47. The van der Waals surface area contributed by atoms with Crippen molar-refractivity contribution in [1.29, 1.82) is 0 Å². The van der Waals surface area contributed by atoms with Gasteiger partial charge in [0.2, 0.25) is 0 Å². The van der Waals surface area contributed by atoms with Crippen LogP contribution >= 0.6 is 0 Å². The number of pyridine rings is 1. The zero-order chi connectivity index (χ0) is 21.8. The normalized spacial score (nSPS) is 10.8. The SMILES string of the molecule is COc1cnccc1-c1cccc2c(C(=O)NCCc3nc(C)cc(=O)[nH]3)cccc12. The van der Waals surface area contributed by atoms with Crippen molar-refractivity contribution in [2.45, 2.75) is 13.3 Å². The Bertz CT molecular complexity index is 1310. The maximum absolute atomic E-state index is 12.9. The average Bonchev–Trinajstić information content (AvgIpc) is 2.77. The fraction of sp³-hybridized carbons (Fsp3) is 0.167. The average molecular weight is 414 g/mol. The van der Waals surface area contributed by atoms with Crippen LogP contribution in [0, 0.1) is 6.92 Å². The smallest absolute Gasteiger partial charge is 0.251 e. The number of nitrogens with one attached hydrogen (secondary N) is 2. The van der Waals surface area contributed by atoms with Gasteiger partial charge in [0.1, 0.15) is 11.6 Å². The van der Waals surface area contributed by atoms with Gasteiger partial charge >= 0.3 is 0 Å². The van der Waals surface area contributed by atoms with Crippen LogP contribution in [0.1, 0.15) is 21.9 Å². The van der Waals surface area contributed by atoms with Crippen LogP contribution in [-0.4, -0.2) is 34.5 Å². The molecule has 31 heavy (non-hydrogen) atoms. The number of amides is 1. The summed E-state index contributed by atoms with van der Waals surface area (Å²) in [5.41, 5.74) is 2.92. The Morgan fingerprint density at radius 1 is 1.10 bits per heavy atom. The Morgan fingerprint density at radius 3 is 2.71 bits per heavy atom. The van der Waals surface area contributed by atoms with E-state index in [-0.39, 0.29) is 11.5 Å². The minimum Gasteiger partial charge on any atom is -0.494 e. The zero-order valence-electron chi connectivity index (χ0n) is 17.3. The summed E-state index contributed by atoms with van der Waals surface area (Å²) in [6, 6.07) is 14.9. The topological polar surface area (TPSA) is 97.0 Å². The lowest BCUT2D eigenvalue weighted by Crippen LogP contribution is -2.27. The number of aromatic nitrogens is 3. The Kier molecular flexibility index (Phi) is 5.75. The Morgan fingerprint density at radius 2 is 1.90 bits per heavy atom. The molecule has 0 saturated heterocycles. The van der Waals surface area contributed by atoms with E-state index >= 15 is 0 Å². The molecule has 0 radical (unpaired) electrons. The number of hydrogen-bond donors (Lipinski definition) is 2. The van der Waals surface area contributed by atoms with E-state index < -0.39 is 0 Å². The van der Waals surface area contributed by atoms with Crippen LogP contribution in [0.5, 0.6) is 5.75 Å². The van der Waals surface area contributed by atoms with Gasteiger partial charge in [0.05, 0.1) is 13.3 Å². The number of ether oxygens (including phenoxy) is 1. The van der Waals surface area contributed by atoms with Crippen molar-refractivity contribution in [2.24, 2.45) is 0 Å². The molecule has 0 unspecified atom stereocenters. The third-order valence-corrected chi connectivity index (χ3v) is 5.03. The van der Waals surface area contributed by atoms with Gasteiger partial charge in [-0.05, 0) is 35.4 Å². The van der Waals surface area contributed by atoms with Crippen LogP contribution in [0.4, 0.5) is 0 Å². The van der Waals surface area contributed by atoms with Gasteiger partial charge in [0.25, 0.3) is 11.5 Å². The molecule has 1 amide bonds. The van der Waals surface area contributed by atoms with Crippen LogP contribution in [0.25, 0.3) is 21.9 Å². The second-order valence-electron chi connectivity index (χ2n) is 7.12. The molecule has 0 atom stereocenters. The summed E-state index contributed by atoms with van der Waals surface area (Å²) in [6.07, 6.45) is 3.83. The summed E-state index contributed by atoms with van der Waals surface area (Å²) in [5.74, 6) is 1.04. The van der Waals surface area contributed by atoms with Gasteiger partial charge in [0.15, 0.2) is 0 Å². The van der Waals surface area contributed by atoms with Crippen molar-refractivity contribution in [3.8, 4) is 16.9 Å². The fourth-order valence-corrected chi connectivity index (χ4v) is 3.66. The Balaban J connectivity index is 1.61. The zero-order valence-corrected chi connectivity index (χ0v) is 17.3. The highest BCUT2D eigenvalue weighted by molar-refractivity contribution is 6.10. The first-order chi connectivity index (χ1) is 15.1. The molecule has 0 spiro atoms. The molecule has 2 aromatic heterocycles. The molecule has 4 aromatic rings. The lowest BCUT2D eigenvalue weighted by Gasteiger charge is -2.13. The molecule has 4 rings (SSSR count). The molecule has 0 saturated carbocycles. The second kappa shape index (κ2) is 8.79. The molecule has 156 valence electrons. The molecular formula is C24H22N4O3. The summed E-state index contributed by atoms with van der Waals surface area (Å²) in [7, 11) is 1.61. The van der Waals surface area contributed by atoms with Gasteiger partial charge in [-0.15, -0.1) is 0 Å². The van der Waals surface area contributed by atoms with Crippen molar-refractivity contribution in [3.63, 3.8) is 0 Å². The first kappa shape index (κ1) is 20.3. The lowest BCUT2D eigenvalue weighted by molar-refractivity contribution is 0.0955. The number of fused-ring (bicyclic) bond motifs is 1. The molecule has 2 aromatic carbocycles. The van der Waals surface area contributed by atoms with Crippen molar-refractivity contribution < 1.29 is 9.53 Å². The van der Waals surface area contributed by atoms with E-state index in [4.69, 9.17) is 4.74 Å². The summed E-state index contributed by atoms with van der Waals surface area (Å²) >= 11 is 0. The molecule has 0 bridgehead atoms. The number of carbonyl (C=O) groups excluding carboxylic acids is 1. The molecular weight excluding hydrogens is 392 g/mol. The first-order valence-corrected chi connectivity index (χ1v) is 9.92. The summed E-state index contributed by atoms with van der Waals surface area (Å²) in [4.78, 5) is 35.6. The highest BCUT2D eigenvalue weighted by Crippen LogP contribution is 2.35. The lowest BCUT2D eigenvalue weighted by atomic mass is 9.95. The van der Waals surface area contributed by atoms with E-state index in [0.29, 0.717) is 35.8 Å². The minimum atomic E-state index is -0.193. The predicted octanol–water partition coefficient (Wildman–Crippen LogP) is 3.27. The third-order valence-electron chi connectivity index (χ3n) is 5.03. The van der Waals surface area contributed by atoms with E-state index in [9.17, 15) is 9.59 Å². The van der Waals surface area contributed by atoms with E-state index in [1.807, 2.05) is 36.4 Å². The summed E-state index contributed by atoms with van der Waals surface area (Å²) in [5, 5.41) is 4.72. The van der Waals surface area contributed by atoms with Crippen LogP contribution in [0.15, 0.2) is 65.7 Å². The number of methoxy groups -OCH3 is 1. The highest BCUT2D eigenvalue weighted by Gasteiger charge is 2.14. The standard InChI is InChI=1S/C24H22N4O3/c1-15-13-23(29)28-22(27-15)10-12-26-24(30)20-8-4-5-16-17(6-3-7-18(16)20)19-9-11-25-14-21(19)31-2/h3-9,11,13-14H,10,12H2,1-2H3,(H,26,30)(H,27,28,29). The van der Waals surface area contributed by atoms with Crippen LogP contribution in [0.2, 0.25) is 0 Å². The maximum atomic E-state index is 12.9. The van der Waals surface area contributed by atoms with Crippen LogP contribution in [0.3, 0.4) is 0 Å². The highest BCUT2D eigenvalue weighted by atomic mass is 16.5. The van der Waals surface area contributed by atoms with Gasteiger partial charge < -0.3 is 15.0 Å². The number of rotatable bonds is 6. The van der Waals surface area contributed by atoms with Crippen molar-refractivity contribution in [3.05, 3.63) is 88.4 Å². The quantitative estimate of drug-likeness (QED) is 0.505. The summed E-state index contributed by atoms with van der Waals surface area (Å²) in [6.45, 7) is 2.13. The van der Waals surface area contributed by atoms with E-state index in [1.54, 1.807) is 32.5 Å². The first-order valence-electron chi connectivity index (χ1n) is 9.92. The Labute approximate surface area is 179 Å². The van der Waals surface area contributed by atoms with Crippen molar-refractivity contribution >= 4 is 16.7 Å². The second-order valence-corrected chi connectivity index (χ2v) is 7.12. The van der Waals surface area contributed by atoms with Gasteiger partial charge in [-0.25, -0.2) is 4.98 Å². The predicted molar refractivity (Wildman–Crippen MR) is 119 cm³/mol. The number of benzene rings is 2. The molecule has 2 N–H and O–H groups in total. The number of hydrogen-bond acceptors (Lipinski definition) is 5. The molecule has 0 fully saturated rings. The van der Waals surface area contributed by atoms with Gasteiger partial charge in [-0.2, -0.15) is 0 Å². The largest absolute Gasteiger partial charge is 0.494 e. The minimum absolute atomic E-state index is 0.181. The van der Waals surface area contributed by atoms with E-state index in [2.05, 4.69) is 20.3 Å². The number of aromatic amines is 1. The fourth-order valence-electron chi connectivity index (χ4n) is 3.66. The Hall–Kier alpha value is -4.00. The third kappa shape index (κ3) is 4.30. The molecule has 2 heterocycles. The molecule has 0 aliphatic carbocycles. The molecule has 7 heteroatoms. The van der Waals surface area contributed by atoms with E-state index in [1.165, 1.54) is 6.07 Å². The molecule has 0 aliphatic heterocycles. The number of H-pyrrole nitrogens is 1. The number of aryl methyl sites for hydroxylation is 1. The monoisotopic (exact) mass is 414 g/mol. The van der Waals surface area contributed by atoms with Gasteiger partial charge in [-0.3, -0.25) is 14.6 Å². The van der Waals surface area contributed by atoms with Gasteiger partial charge in [0, 0.05) is 42.0 Å².